The van der Waals surface area contributed by atoms with Gasteiger partial charge in [0.05, 0.1) is 25.5 Å². The van der Waals surface area contributed by atoms with E-state index in [1.54, 1.807) is 13.8 Å². The number of ketones is 2. The highest BCUT2D eigenvalue weighted by Gasteiger charge is 2.40. The monoisotopic (exact) mass is 367 g/mol. The first-order chi connectivity index (χ1) is 11.7. The number of ether oxygens (including phenoxy) is 1. The van der Waals surface area contributed by atoms with Gasteiger partial charge in [0.15, 0.2) is 5.76 Å². The highest BCUT2D eigenvalue weighted by atomic mass is 32.2. The molecule has 1 aromatic heterocycles. The Hall–Kier alpha value is -1.93. The second-order valence-electron chi connectivity index (χ2n) is 6.53. The molecule has 8 heteroatoms. The summed E-state index contributed by atoms with van der Waals surface area (Å²) in [5, 5.41) is 0. The van der Waals surface area contributed by atoms with Crippen molar-refractivity contribution >= 4 is 21.7 Å². The zero-order chi connectivity index (χ0) is 18.5. The number of carbonyl (C=O) groups is 2. The summed E-state index contributed by atoms with van der Waals surface area (Å²) in [6.45, 7) is 4.01. The Morgan fingerprint density at radius 1 is 1.20 bits per heavy atom. The van der Waals surface area contributed by atoms with E-state index in [1.165, 1.54) is 7.11 Å². The Labute approximate surface area is 146 Å². The van der Waals surface area contributed by atoms with Crippen LogP contribution in [0.2, 0.25) is 0 Å². The first-order valence-corrected chi connectivity index (χ1v) is 9.90. The third-order valence-electron chi connectivity index (χ3n) is 4.89. The number of hydrogen-bond acceptors (Lipinski definition) is 6. The average Bonchev–Trinajstić information content (AvgIpc) is 2.85. The zero-order valence-electron chi connectivity index (χ0n) is 14.7. The lowest BCUT2D eigenvalue weighted by Crippen LogP contribution is -2.26. The molecular formula is C17H21NO6S. The number of fused-ring (bicyclic) bond motifs is 3. The molecule has 1 aliphatic heterocycles. The number of carbonyl (C=O) groups excluding carboxylic acids is 2. The van der Waals surface area contributed by atoms with E-state index in [2.05, 4.69) is 0 Å². The summed E-state index contributed by atoms with van der Waals surface area (Å²) in [6.07, 6.45) is 2.54. The fourth-order valence-corrected chi connectivity index (χ4v) is 4.26. The van der Waals surface area contributed by atoms with E-state index in [-0.39, 0.29) is 29.9 Å². The van der Waals surface area contributed by atoms with Crippen LogP contribution in [0.1, 0.15) is 57.8 Å². The summed E-state index contributed by atoms with van der Waals surface area (Å²) < 4.78 is 34.7. The molecule has 2 aliphatic rings. The van der Waals surface area contributed by atoms with Crippen LogP contribution in [0.3, 0.4) is 0 Å². The van der Waals surface area contributed by atoms with Crippen LogP contribution in [0.4, 0.5) is 0 Å². The van der Waals surface area contributed by atoms with Crippen molar-refractivity contribution in [1.29, 1.82) is 0 Å². The molecule has 0 fully saturated rings. The van der Waals surface area contributed by atoms with Crippen molar-refractivity contribution < 1.29 is 26.9 Å². The molecule has 1 aliphatic carbocycles. The second-order valence-corrected chi connectivity index (χ2v) is 8.17. The predicted octanol–water partition coefficient (Wildman–Crippen LogP) is 1.95. The van der Waals surface area contributed by atoms with Gasteiger partial charge in [-0.05, 0) is 32.3 Å². The number of allylic oxidation sites excluding steroid dienone is 2. The van der Waals surface area contributed by atoms with E-state index in [1.807, 2.05) is 4.57 Å². The minimum atomic E-state index is -3.56. The van der Waals surface area contributed by atoms with Crippen molar-refractivity contribution in [3.8, 4) is 0 Å². The molecule has 0 saturated heterocycles. The normalized spacial score (nSPS) is 20.6. The van der Waals surface area contributed by atoms with Crippen LogP contribution in [-0.4, -0.2) is 44.5 Å². The van der Waals surface area contributed by atoms with Gasteiger partial charge in [-0.25, -0.2) is 0 Å². The lowest BCUT2D eigenvalue weighted by molar-refractivity contribution is 0.0901. The van der Waals surface area contributed by atoms with Gasteiger partial charge in [-0.2, -0.15) is 8.42 Å². The largest absolute Gasteiger partial charge is 0.492 e. The van der Waals surface area contributed by atoms with E-state index in [0.29, 0.717) is 28.9 Å². The molecule has 25 heavy (non-hydrogen) atoms. The van der Waals surface area contributed by atoms with Gasteiger partial charge in [0.1, 0.15) is 5.69 Å². The van der Waals surface area contributed by atoms with Crippen LogP contribution in [-0.2, 0) is 25.6 Å². The second kappa shape index (κ2) is 6.10. The first kappa shape index (κ1) is 17.9. The van der Waals surface area contributed by atoms with Crippen LogP contribution in [0.15, 0.2) is 11.3 Å². The van der Waals surface area contributed by atoms with Gasteiger partial charge in [0.25, 0.3) is 10.1 Å². The number of aromatic nitrogens is 1. The van der Waals surface area contributed by atoms with Crippen LogP contribution in [0, 0.1) is 6.92 Å². The molecule has 0 amide bonds. The third-order valence-corrected chi connectivity index (χ3v) is 5.46. The van der Waals surface area contributed by atoms with Crippen molar-refractivity contribution in [2.75, 3.05) is 20.0 Å². The molecule has 1 unspecified atom stereocenters. The van der Waals surface area contributed by atoms with Crippen LogP contribution in [0.5, 0.6) is 0 Å². The standard InChI is InChI=1S/C17H21NO6S/c1-9-12-14(15(19)10(2)17(23-3)16(12)20)18-7-5-6-11(13(9)18)8-24-25(4,21)22/h11H,5-8H2,1-4H3. The molecule has 3 rings (SSSR count). The molecule has 0 radical (unpaired) electrons. The number of nitrogens with zero attached hydrogens (tertiary/aromatic N) is 1. The van der Waals surface area contributed by atoms with Crippen LogP contribution < -0.4 is 0 Å². The van der Waals surface area contributed by atoms with E-state index in [4.69, 9.17) is 8.92 Å². The SMILES string of the molecule is COC1=C(C)C(=O)c2c(c(C)c3n2CCCC3COS(C)(=O)=O)C1=O. The molecule has 0 N–H and O–H groups in total. The zero-order valence-corrected chi connectivity index (χ0v) is 15.5. The number of methoxy groups -OCH3 is 1. The predicted molar refractivity (Wildman–Crippen MR) is 90.3 cm³/mol. The van der Waals surface area contributed by atoms with E-state index in [9.17, 15) is 18.0 Å². The van der Waals surface area contributed by atoms with Gasteiger partial charge in [-0.1, -0.05) is 0 Å². The number of rotatable bonds is 4. The Morgan fingerprint density at radius 3 is 2.48 bits per heavy atom. The Kier molecular flexibility index (Phi) is 4.36. The summed E-state index contributed by atoms with van der Waals surface area (Å²) in [4.78, 5) is 25.6. The molecule has 0 saturated carbocycles. The van der Waals surface area contributed by atoms with E-state index in [0.717, 1.165) is 24.8 Å². The minimum absolute atomic E-state index is 0.00843. The van der Waals surface area contributed by atoms with Gasteiger partial charge in [0, 0.05) is 23.7 Å². The van der Waals surface area contributed by atoms with E-state index >= 15 is 0 Å². The third kappa shape index (κ3) is 2.83. The quantitative estimate of drug-likeness (QED) is 0.756. The summed E-state index contributed by atoms with van der Waals surface area (Å²) in [6, 6.07) is 0. The van der Waals surface area contributed by atoms with Gasteiger partial charge in [-0.15, -0.1) is 0 Å². The lowest BCUT2D eigenvalue weighted by atomic mass is 9.90. The topological polar surface area (TPSA) is 91.7 Å². The fourth-order valence-electron chi connectivity index (χ4n) is 3.85. The maximum Gasteiger partial charge on any atom is 0.264 e. The molecule has 7 nitrogen and oxygen atoms in total. The number of hydrogen-bond donors (Lipinski definition) is 0. The van der Waals surface area contributed by atoms with Crippen molar-refractivity contribution in [2.45, 2.75) is 39.2 Å². The van der Waals surface area contributed by atoms with Gasteiger partial charge < -0.3 is 9.30 Å². The minimum Gasteiger partial charge on any atom is -0.492 e. The van der Waals surface area contributed by atoms with Crippen molar-refractivity contribution in [1.82, 2.24) is 4.57 Å². The van der Waals surface area contributed by atoms with E-state index < -0.39 is 10.1 Å². The summed E-state index contributed by atoms with van der Waals surface area (Å²) in [7, 11) is -2.18. The molecule has 0 bridgehead atoms. The number of Topliss-reactive ketones (excluding diaryl/α,β-unsaturated/α-hetero) is 2. The molecular weight excluding hydrogens is 346 g/mol. The van der Waals surface area contributed by atoms with Crippen molar-refractivity contribution in [3.63, 3.8) is 0 Å². The Balaban J connectivity index is 2.12. The molecule has 0 aromatic carbocycles. The van der Waals surface area contributed by atoms with Gasteiger partial charge in [-0.3, -0.25) is 13.8 Å². The Morgan fingerprint density at radius 2 is 1.88 bits per heavy atom. The molecule has 136 valence electrons. The highest BCUT2D eigenvalue weighted by molar-refractivity contribution is 7.85. The maximum absolute atomic E-state index is 12.8. The maximum atomic E-state index is 12.8. The average molecular weight is 367 g/mol. The molecule has 1 atom stereocenters. The van der Waals surface area contributed by atoms with Gasteiger partial charge >= 0.3 is 0 Å². The lowest BCUT2D eigenvalue weighted by Gasteiger charge is -2.26. The molecule has 1 aromatic rings. The first-order valence-electron chi connectivity index (χ1n) is 8.09. The van der Waals surface area contributed by atoms with Crippen LogP contribution >= 0.6 is 0 Å². The highest BCUT2D eigenvalue weighted by Crippen LogP contribution is 2.39. The molecule has 2 heterocycles. The summed E-state index contributed by atoms with van der Waals surface area (Å²) in [5.41, 5.74) is 2.58. The Bertz CT molecular complexity index is 906. The summed E-state index contributed by atoms with van der Waals surface area (Å²) in [5.74, 6) is -0.615. The van der Waals surface area contributed by atoms with Crippen molar-refractivity contribution in [2.24, 2.45) is 0 Å². The van der Waals surface area contributed by atoms with Gasteiger partial charge in [0.2, 0.25) is 11.6 Å². The smallest absolute Gasteiger partial charge is 0.264 e. The van der Waals surface area contributed by atoms with Crippen LogP contribution in [0.25, 0.3) is 0 Å². The van der Waals surface area contributed by atoms with Crippen molar-refractivity contribution in [3.05, 3.63) is 33.8 Å². The fraction of sp³-hybridized carbons (Fsp3) is 0.529. The summed E-state index contributed by atoms with van der Waals surface area (Å²) >= 11 is 0. The molecule has 0 spiro atoms.